The van der Waals surface area contributed by atoms with E-state index in [1.165, 1.54) is 0 Å². The largest absolute Gasteiger partial charge is 0.479 e. The highest BCUT2D eigenvalue weighted by Crippen LogP contribution is 2.09. The van der Waals surface area contributed by atoms with E-state index in [1.807, 2.05) is 24.5 Å². The lowest BCUT2D eigenvalue weighted by atomic mass is 10.1. The molecule has 0 spiro atoms. The number of hydrogen-bond acceptors (Lipinski definition) is 3. The van der Waals surface area contributed by atoms with Crippen LogP contribution in [0.1, 0.15) is 12.5 Å². The van der Waals surface area contributed by atoms with Gasteiger partial charge in [0, 0.05) is 5.69 Å². The fraction of sp³-hybridized carbons (Fsp3) is 0.273. The number of amides is 2. The van der Waals surface area contributed by atoms with Crippen molar-refractivity contribution in [1.82, 2.24) is 5.48 Å². The van der Waals surface area contributed by atoms with Crippen LogP contribution in [0, 0.1) is 0 Å². The number of anilines is 1. The maximum absolute atomic E-state index is 11.2. The van der Waals surface area contributed by atoms with E-state index < -0.39 is 18.6 Å². The van der Waals surface area contributed by atoms with E-state index in [0.717, 1.165) is 12.0 Å². The van der Waals surface area contributed by atoms with Gasteiger partial charge in [0.1, 0.15) is 0 Å². The highest BCUT2D eigenvalue weighted by Gasteiger charge is 2.03. The van der Waals surface area contributed by atoms with Gasteiger partial charge in [-0.1, -0.05) is 19.1 Å². The van der Waals surface area contributed by atoms with Crippen molar-refractivity contribution in [3.05, 3.63) is 29.8 Å². The number of carbonyl (C=O) groups is 2. The minimum Gasteiger partial charge on any atom is -0.479 e. The van der Waals surface area contributed by atoms with Crippen molar-refractivity contribution in [1.29, 1.82) is 0 Å². The van der Waals surface area contributed by atoms with Gasteiger partial charge >= 0.3 is 12.0 Å². The molecule has 17 heavy (non-hydrogen) atoms. The number of nitrogens with one attached hydrogen (secondary N) is 2. The summed E-state index contributed by atoms with van der Waals surface area (Å²) in [6, 6.07) is 6.70. The molecule has 0 atom stereocenters. The summed E-state index contributed by atoms with van der Waals surface area (Å²) < 4.78 is 0. The summed E-state index contributed by atoms with van der Waals surface area (Å²) in [6.45, 7) is 1.46. The number of hydrogen-bond donors (Lipinski definition) is 3. The second-order valence-corrected chi connectivity index (χ2v) is 3.29. The summed E-state index contributed by atoms with van der Waals surface area (Å²) in [4.78, 5) is 25.7. The SMILES string of the molecule is CCc1ccc(NC(=O)NOCC(=O)O)cc1. The van der Waals surface area contributed by atoms with Crippen molar-refractivity contribution < 1.29 is 19.5 Å². The third kappa shape index (κ3) is 4.98. The van der Waals surface area contributed by atoms with Gasteiger partial charge in [-0.25, -0.2) is 15.1 Å². The van der Waals surface area contributed by atoms with Crippen LogP contribution in [0.3, 0.4) is 0 Å². The molecule has 6 heteroatoms. The van der Waals surface area contributed by atoms with Crippen LogP contribution in [0.4, 0.5) is 10.5 Å². The molecule has 0 radical (unpaired) electrons. The third-order valence-electron chi connectivity index (χ3n) is 1.98. The fourth-order valence-electron chi connectivity index (χ4n) is 1.14. The molecule has 0 aliphatic rings. The van der Waals surface area contributed by atoms with E-state index in [1.54, 1.807) is 12.1 Å². The molecule has 0 fully saturated rings. The molecular weight excluding hydrogens is 224 g/mol. The molecule has 1 rings (SSSR count). The lowest BCUT2D eigenvalue weighted by Crippen LogP contribution is -2.30. The summed E-state index contributed by atoms with van der Waals surface area (Å²) in [6.07, 6.45) is 0.925. The van der Waals surface area contributed by atoms with Crippen LogP contribution in [-0.2, 0) is 16.1 Å². The predicted molar refractivity (Wildman–Crippen MR) is 61.6 cm³/mol. The molecule has 1 aromatic rings. The highest BCUT2D eigenvalue weighted by molar-refractivity contribution is 5.88. The Bertz CT molecular complexity index is 389. The van der Waals surface area contributed by atoms with Gasteiger partial charge in [0.05, 0.1) is 0 Å². The van der Waals surface area contributed by atoms with Crippen LogP contribution in [0.2, 0.25) is 0 Å². The number of rotatable bonds is 5. The van der Waals surface area contributed by atoms with Crippen LogP contribution in [0.25, 0.3) is 0 Å². The maximum Gasteiger partial charge on any atom is 0.343 e. The number of hydroxylamine groups is 1. The topological polar surface area (TPSA) is 87.7 Å². The molecule has 1 aromatic carbocycles. The van der Waals surface area contributed by atoms with Crippen LogP contribution in [0.5, 0.6) is 0 Å². The molecule has 0 aliphatic carbocycles. The van der Waals surface area contributed by atoms with E-state index in [9.17, 15) is 9.59 Å². The lowest BCUT2D eigenvalue weighted by Gasteiger charge is -2.06. The summed E-state index contributed by atoms with van der Waals surface area (Å²) >= 11 is 0. The molecule has 0 aromatic heterocycles. The van der Waals surface area contributed by atoms with Gasteiger partial charge in [0.15, 0.2) is 6.61 Å². The van der Waals surface area contributed by atoms with Gasteiger partial charge in [-0.3, -0.25) is 4.84 Å². The second-order valence-electron chi connectivity index (χ2n) is 3.29. The van der Waals surface area contributed by atoms with Crippen LogP contribution < -0.4 is 10.8 Å². The zero-order valence-electron chi connectivity index (χ0n) is 9.40. The van der Waals surface area contributed by atoms with Gasteiger partial charge < -0.3 is 10.4 Å². The first kappa shape index (κ1) is 13.0. The van der Waals surface area contributed by atoms with E-state index >= 15 is 0 Å². The monoisotopic (exact) mass is 238 g/mol. The Kier molecular flexibility index (Phi) is 4.96. The van der Waals surface area contributed by atoms with Crippen molar-refractivity contribution in [2.24, 2.45) is 0 Å². The first-order chi connectivity index (χ1) is 8.11. The Morgan fingerprint density at radius 3 is 2.47 bits per heavy atom. The minimum atomic E-state index is -1.16. The summed E-state index contributed by atoms with van der Waals surface area (Å²) in [5, 5.41) is 10.8. The molecular formula is C11H14N2O4. The normalized spacial score (nSPS) is 9.71. The lowest BCUT2D eigenvalue weighted by molar-refractivity contribution is -0.143. The van der Waals surface area contributed by atoms with Gasteiger partial charge in [-0.05, 0) is 24.1 Å². The van der Waals surface area contributed by atoms with Crippen LogP contribution in [0.15, 0.2) is 24.3 Å². The van der Waals surface area contributed by atoms with Crippen molar-refractivity contribution in [2.75, 3.05) is 11.9 Å². The van der Waals surface area contributed by atoms with Gasteiger partial charge in [-0.2, -0.15) is 0 Å². The zero-order valence-corrected chi connectivity index (χ0v) is 9.40. The number of carbonyl (C=O) groups excluding carboxylic acids is 1. The molecule has 2 amide bonds. The Morgan fingerprint density at radius 1 is 1.29 bits per heavy atom. The molecule has 0 unspecified atom stereocenters. The molecule has 3 N–H and O–H groups in total. The Morgan fingerprint density at radius 2 is 1.94 bits per heavy atom. The number of urea groups is 1. The second kappa shape index (κ2) is 6.49. The van der Waals surface area contributed by atoms with Crippen LogP contribution >= 0.6 is 0 Å². The van der Waals surface area contributed by atoms with Crippen LogP contribution in [-0.4, -0.2) is 23.7 Å². The molecule has 6 nitrogen and oxygen atoms in total. The van der Waals surface area contributed by atoms with E-state index in [-0.39, 0.29) is 0 Å². The minimum absolute atomic E-state index is 0.581. The summed E-state index contributed by atoms with van der Waals surface area (Å²) in [7, 11) is 0. The molecule has 0 heterocycles. The Hall–Kier alpha value is -2.08. The number of benzene rings is 1. The first-order valence-electron chi connectivity index (χ1n) is 5.11. The van der Waals surface area contributed by atoms with Crippen molar-refractivity contribution in [3.8, 4) is 0 Å². The molecule has 0 aliphatic heterocycles. The predicted octanol–water partition coefficient (Wildman–Crippen LogP) is 1.39. The number of carboxylic acid groups (broad SMARTS) is 1. The van der Waals surface area contributed by atoms with Crippen molar-refractivity contribution in [3.63, 3.8) is 0 Å². The highest BCUT2D eigenvalue weighted by atomic mass is 16.7. The Balaban J connectivity index is 2.37. The molecule has 0 saturated carbocycles. The van der Waals surface area contributed by atoms with Crippen molar-refractivity contribution in [2.45, 2.75) is 13.3 Å². The van der Waals surface area contributed by atoms with Gasteiger partial charge in [0.25, 0.3) is 0 Å². The standard InChI is InChI=1S/C11H14N2O4/c1-2-8-3-5-9(6-4-8)12-11(16)13-17-7-10(14)15/h3-6H,2,7H2,1H3,(H,14,15)(H2,12,13,16). The Labute approximate surface area is 98.5 Å². The number of carboxylic acids is 1. The first-order valence-corrected chi connectivity index (χ1v) is 5.11. The summed E-state index contributed by atoms with van der Waals surface area (Å²) in [5.41, 5.74) is 3.73. The van der Waals surface area contributed by atoms with E-state index in [4.69, 9.17) is 5.11 Å². The molecule has 0 bridgehead atoms. The zero-order chi connectivity index (χ0) is 12.7. The smallest absolute Gasteiger partial charge is 0.343 e. The quantitative estimate of drug-likeness (QED) is 0.676. The van der Waals surface area contributed by atoms with E-state index in [2.05, 4.69) is 10.2 Å². The van der Waals surface area contributed by atoms with E-state index in [0.29, 0.717) is 5.69 Å². The molecule has 0 saturated heterocycles. The third-order valence-corrected chi connectivity index (χ3v) is 1.98. The van der Waals surface area contributed by atoms with Gasteiger partial charge in [0.2, 0.25) is 0 Å². The van der Waals surface area contributed by atoms with Gasteiger partial charge in [-0.15, -0.1) is 0 Å². The summed E-state index contributed by atoms with van der Waals surface area (Å²) in [5.74, 6) is -1.16. The fourth-order valence-corrected chi connectivity index (χ4v) is 1.14. The average molecular weight is 238 g/mol. The maximum atomic E-state index is 11.2. The number of aliphatic carboxylic acids is 1. The number of aryl methyl sites for hydroxylation is 1. The molecule has 92 valence electrons. The van der Waals surface area contributed by atoms with Crippen molar-refractivity contribution >= 4 is 17.7 Å². The average Bonchev–Trinajstić information content (AvgIpc) is 2.29.